The Morgan fingerprint density at radius 1 is 1.16 bits per heavy atom. The second kappa shape index (κ2) is 8.85. The van der Waals surface area contributed by atoms with E-state index in [1.165, 1.54) is 16.9 Å². The molecular formula is C28H26F2N6O. The quantitative estimate of drug-likeness (QED) is 0.324. The highest BCUT2D eigenvalue weighted by molar-refractivity contribution is 5.93. The van der Waals surface area contributed by atoms with Crippen molar-refractivity contribution in [1.29, 1.82) is 0 Å². The summed E-state index contributed by atoms with van der Waals surface area (Å²) < 4.78 is 33.4. The van der Waals surface area contributed by atoms with E-state index in [0.717, 1.165) is 24.1 Å². The minimum absolute atomic E-state index is 0.0208. The summed E-state index contributed by atoms with van der Waals surface area (Å²) in [6, 6.07) is 8.36. The lowest BCUT2D eigenvalue weighted by atomic mass is 9.99. The van der Waals surface area contributed by atoms with Crippen molar-refractivity contribution < 1.29 is 13.6 Å². The molecule has 6 rings (SSSR count). The summed E-state index contributed by atoms with van der Waals surface area (Å²) in [5.41, 5.74) is 10.4. The first-order valence-corrected chi connectivity index (χ1v) is 12.4. The van der Waals surface area contributed by atoms with Gasteiger partial charge in [0, 0.05) is 36.2 Å². The van der Waals surface area contributed by atoms with Crippen LogP contribution in [-0.2, 0) is 0 Å². The van der Waals surface area contributed by atoms with E-state index in [4.69, 9.17) is 10.7 Å². The maximum Gasteiger partial charge on any atom is 0.248 e. The van der Waals surface area contributed by atoms with Gasteiger partial charge in [-0.2, -0.15) is 9.78 Å². The topological polar surface area (TPSA) is 91.1 Å². The Kier molecular flexibility index (Phi) is 5.60. The van der Waals surface area contributed by atoms with Gasteiger partial charge in [0.1, 0.15) is 11.6 Å². The van der Waals surface area contributed by atoms with Crippen LogP contribution in [0.2, 0.25) is 0 Å². The molecule has 0 saturated heterocycles. The standard InChI is InChI=1S/C28H26F2N6O/c1-15(2)19-11-17(5-7-21(19)29)22-14-35-24(13-32-22)34-27(16-3-4-16)28(35)18-6-8-23-20(26(18)30)12-33-36(23)25(37)9-10-31/h5-8,11-16H,3-4,9-10,31H2,1-2H3. The third-order valence-corrected chi connectivity index (χ3v) is 6.95. The van der Waals surface area contributed by atoms with Crippen LogP contribution in [-0.4, -0.2) is 36.6 Å². The number of aromatic nitrogens is 5. The molecule has 0 aliphatic heterocycles. The molecule has 0 atom stereocenters. The molecule has 3 aromatic heterocycles. The normalized spacial score (nSPS) is 13.8. The number of hydrogen-bond donors (Lipinski definition) is 1. The lowest BCUT2D eigenvalue weighted by molar-refractivity contribution is 0.0896. The molecule has 0 radical (unpaired) electrons. The first-order valence-electron chi connectivity index (χ1n) is 12.4. The first-order chi connectivity index (χ1) is 17.9. The Morgan fingerprint density at radius 3 is 2.70 bits per heavy atom. The summed E-state index contributed by atoms with van der Waals surface area (Å²) in [5, 5.41) is 4.38. The molecule has 0 bridgehead atoms. The zero-order chi connectivity index (χ0) is 25.8. The lowest BCUT2D eigenvalue weighted by Crippen LogP contribution is -2.16. The maximum atomic E-state index is 16.0. The maximum absolute atomic E-state index is 16.0. The van der Waals surface area contributed by atoms with Crippen LogP contribution in [0.4, 0.5) is 8.78 Å². The van der Waals surface area contributed by atoms with Crippen molar-refractivity contribution in [2.45, 2.75) is 44.9 Å². The highest BCUT2D eigenvalue weighted by Gasteiger charge is 2.32. The molecule has 3 heterocycles. The fraction of sp³-hybridized carbons (Fsp3) is 0.286. The number of carbonyl (C=O) groups is 1. The Morgan fingerprint density at radius 2 is 1.97 bits per heavy atom. The average molecular weight is 501 g/mol. The zero-order valence-electron chi connectivity index (χ0n) is 20.6. The number of imidazole rings is 1. The van der Waals surface area contributed by atoms with Gasteiger partial charge in [0.2, 0.25) is 5.91 Å². The van der Waals surface area contributed by atoms with Gasteiger partial charge in [0.25, 0.3) is 0 Å². The van der Waals surface area contributed by atoms with Crippen molar-refractivity contribution in [2.24, 2.45) is 5.73 Å². The summed E-state index contributed by atoms with van der Waals surface area (Å²) in [4.78, 5) is 21.8. The molecule has 0 amide bonds. The molecule has 2 N–H and O–H groups in total. The van der Waals surface area contributed by atoms with Gasteiger partial charge < -0.3 is 5.73 Å². The van der Waals surface area contributed by atoms with Gasteiger partial charge in [0.15, 0.2) is 5.65 Å². The van der Waals surface area contributed by atoms with Gasteiger partial charge in [-0.1, -0.05) is 13.8 Å². The van der Waals surface area contributed by atoms with Gasteiger partial charge in [-0.05, 0) is 54.7 Å². The largest absolute Gasteiger partial charge is 0.330 e. The van der Waals surface area contributed by atoms with Crippen molar-refractivity contribution in [3.8, 4) is 22.5 Å². The number of nitrogens with zero attached hydrogens (tertiary/aromatic N) is 5. The van der Waals surface area contributed by atoms with Gasteiger partial charge >= 0.3 is 0 Å². The highest BCUT2D eigenvalue weighted by Crippen LogP contribution is 2.45. The Labute approximate surface area is 212 Å². The summed E-state index contributed by atoms with van der Waals surface area (Å²) in [6.45, 7) is 4.08. The van der Waals surface area contributed by atoms with E-state index in [-0.39, 0.29) is 41.9 Å². The molecule has 1 aliphatic rings. The van der Waals surface area contributed by atoms with Crippen molar-refractivity contribution in [3.05, 3.63) is 71.8 Å². The highest BCUT2D eigenvalue weighted by atomic mass is 19.1. The van der Waals surface area contributed by atoms with Crippen LogP contribution in [0.25, 0.3) is 39.1 Å². The third kappa shape index (κ3) is 3.90. The summed E-state index contributed by atoms with van der Waals surface area (Å²) >= 11 is 0. The number of halogens is 2. The van der Waals surface area contributed by atoms with Crippen LogP contribution in [0, 0.1) is 11.6 Å². The SMILES string of the molecule is CC(C)c1cc(-c2cn3c(-c4ccc5c(cnn5C(=O)CCN)c4F)c(C4CC4)nc3cn2)ccc1F. The van der Waals surface area contributed by atoms with E-state index in [2.05, 4.69) is 10.1 Å². The molecule has 0 unspecified atom stereocenters. The van der Waals surface area contributed by atoms with Crippen LogP contribution in [0.3, 0.4) is 0 Å². The Hall–Kier alpha value is -3.98. The van der Waals surface area contributed by atoms with Crippen molar-refractivity contribution in [1.82, 2.24) is 24.1 Å². The molecule has 1 saturated carbocycles. The summed E-state index contributed by atoms with van der Waals surface area (Å²) in [6.07, 6.45) is 6.98. The molecule has 0 spiro atoms. The van der Waals surface area contributed by atoms with Crippen LogP contribution >= 0.6 is 0 Å². The zero-order valence-corrected chi connectivity index (χ0v) is 20.6. The lowest BCUT2D eigenvalue weighted by Gasteiger charge is -2.11. The average Bonchev–Trinajstić information content (AvgIpc) is 3.52. The van der Waals surface area contributed by atoms with E-state index < -0.39 is 5.82 Å². The molecule has 188 valence electrons. The van der Waals surface area contributed by atoms with Crippen molar-refractivity contribution >= 4 is 22.5 Å². The van der Waals surface area contributed by atoms with Crippen molar-refractivity contribution in [3.63, 3.8) is 0 Å². The molecule has 9 heteroatoms. The number of hydrogen-bond acceptors (Lipinski definition) is 5. The smallest absolute Gasteiger partial charge is 0.248 e. The number of benzene rings is 2. The molecule has 2 aromatic carbocycles. The number of carbonyl (C=O) groups excluding carboxylic acids is 1. The van der Waals surface area contributed by atoms with Gasteiger partial charge in [-0.3, -0.25) is 14.2 Å². The summed E-state index contributed by atoms with van der Waals surface area (Å²) in [7, 11) is 0. The van der Waals surface area contributed by atoms with Crippen LogP contribution in [0.1, 0.15) is 61.0 Å². The molecule has 37 heavy (non-hydrogen) atoms. The number of fused-ring (bicyclic) bond motifs is 2. The van der Waals surface area contributed by atoms with E-state index in [9.17, 15) is 9.18 Å². The third-order valence-electron chi connectivity index (χ3n) is 6.95. The van der Waals surface area contributed by atoms with E-state index in [0.29, 0.717) is 33.7 Å². The number of rotatable bonds is 6. The van der Waals surface area contributed by atoms with Crippen molar-refractivity contribution in [2.75, 3.05) is 6.54 Å². The molecule has 7 nitrogen and oxygen atoms in total. The summed E-state index contributed by atoms with van der Waals surface area (Å²) in [5.74, 6) is -0.725. The second-order valence-electron chi connectivity index (χ2n) is 9.86. The molecule has 1 aliphatic carbocycles. The molecule has 1 fully saturated rings. The monoisotopic (exact) mass is 500 g/mol. The Balaban J connectivity index is 1.53. The Bertz CT molecular complexity index is 1680. The fourth-order valence-electron chi connectivity index (χ4n) is 4.86. The van der Waals surface area contributed by atoms with Crippen LogP contribution < -0.4 is 5.73 Å². The van der Waals surface area contributed by atoms with Gasteiger partial charge in [-0.15, -0.1) is 0 Å². The fourth-order valence-corrected chi connectivity index (χ4v) is 4.86. The van der Waals surface area contributed by atoms with E-state index in [1.54, 1.807) is 24.4 Å². The van der Waals surface area contributed by atoms with Crippen LogP contribution in [0.5, 0.6) is 0 Å². The predicted molar refractivity (Wildman–Crippen MR) is 137 cm³/mol. The molecular weight excluding hydrogens is 474 g/mol. The van der Waals surface area contributed by atoms with E-state index in [1.807, 2.05) is 30.5 Å². The molecule has 5 aromatic rings. The minimum Gasteiger partial charge on any atom is -0.330 e. The second-order valence-corrected chi connectivity index (χ2v) is 9.86. The van der Waals surface area contributed by atoms with E-state index >= 15 is 4.39 Å². The first kappa shape index (κ1) is 23.4. The van der Waals surface area contributed by atoms with Gasteiger partial charge in [0.05, 0.1) is 40.4 Å². The minimum atomic E-state index is -0.463. The van der Waals surface area contributed by atoms with Crippen LogP contribution in [0.15, 0.2) is 48.9 Å². The predicted octanol–water partition coefficient (Wildman–Crippen LogP) is 5.68. The number of nitrogens with two attached hydrogens (primary N) is 1. The van der Waals surface area contributed by atoms with Gasteiger partial charge in [-0.25, -0.2) is 13.8 Å².